The summed E-state index contributed by atoms with van der Waals surface area (Å²) in [4.78, 5) is 12.0. The Labute approximate surface area is 130 Å². The summed E-state index contributed by atoms with van der Waals surface area (Å²) in [5, 5.41) is 9.25. The van der Waals surface area contributed by atoms with Gasteiger partial charge in [0.2, 0.25) is 0 Å². The van der Waals surface area contributed by atoms with Crippen molar-refractivity contribution in [3.05, 3.63) is 29.8 Å². The molecular weight excluding hydrogens is 282 g/mol. The molecule has 0 aliphatic heterocycles. The van der Waals surface area contributed by atoms with Gasteiger partial charge in [0.25, 0.3) is 0 Å². The molecule has 0 unspecified atom stereocenters. The Bertz CT molecular complexity index is 656. The molecule has 0 aliphatic carbocycles. The molecule has 0 N–H and O–H groups in total. The standard InChI is InChI=1S/C16H21N3OS/c1-11-8-6-7-9-12(11)14-17-18-15(19(14)5)21-10-13(20)16(2,3)4/h6-9H,10H2,1-5H3. The third-order valence-corrected chi connectivity index (χ3v) is 4.41. The normalized spacial score (nSPS) is 11.7. The fourth-order valence-electron chi connectivity index (χ4n) is 1.85. The predicted molar refractivity (Wildman–Crippen MR) is 86.4 cm³/mol. The lowest BCUT2D eigenvalue weighted by molar-refractivity contribution is -0.123. The molecule has 1 aromatic carbocycles. The fourth-order valence-corrected chi connectivity index (χ4v) is 2.92. The first-order valence-corrected chi connectivity index (χ1v) is 7.91. The first-order valence-electron chi connectivity index (χ1n) is 6.92. The minimum absolute atomic E-state index is 0.216. The summed E-state index contributed by atoms with van der Waals surface area (Å²) in [5.41, 5.74) is 1.92. The molecule has 0 atom stereocenters. The second-order valence-corrected chi connectivity index (χ2v) is 7.08. The molecule has 21 heavy (non-hydrogen) atoms. The average Bonchev–Trinajstić information content (AvgIpc) is 2.77. The van der Waals surface area contributed by atoms with Gasteiger partial charge in [-0.15, -0.1) is 10.2 Å². The maximum absolute atomic E-state index is 12.0. The number of hydrogen-bond acceptors (Lipinski definition) is 4. The summed E-state index contributed by atoms with van der Waals surface area (Å²) >= 11 is 1.44. The van der Waals surface area contributed by atoms with Crippen molar-refractivity contribution >= 4 is 17.5 Å². The maximum atomic E-state index is 12.0. The zero-order chi connectivity index (χ0) is 15.6. The zero-order valence-corrected chi connectivity index (χ0v) is 14.0. The molecule has 0 saturated heterocycles. The van der Waals surface area contributed by atoms with E-state index in [9.17, 15) is 4.79 Å². The van der Waals surface area contributed by atoms with Crippen LogP contribution in [-0.2, 0) is 11.8 Å². The average molecular weight is 303 g/mol. The molecule has 2 aromatic rings. The van der Waals surface area contributed by atoms with Gasteiger partial charge in [-0.25, -0.2) is 0 Å². The molecule has 5 heteroatoms. The van der Waals surface area contributed by atoms with Crippen molar-refractivity contribution in [3.8, 4) is 11.4 Å². The van der Waals surface area contributed by atoms with Crippen molar-refractivity contribution in [3.63, 3.8) is 0 Å². The van der Waals surface area contributed by atoms with E-state index in [1.807, 2.05) is 50.6 Å². The van der Waals surface area contributed by atoms with Crippen LogP contribution in [0.25, 0.3) is 11.4 Å². The van der Waals surface area contributed by atoms with Crippen LogP contribution in [0.5, 0.6) is 0 Å². The molecule has 0 aliphatic rings. The van der Waals surface area contributed by atoms with Crippen LogP contribution in [0, 0.1) is 12.3 Å². The molecule has 0 bridgehead atoms. The van der Waals surface area contributed by atoms with Crippen LogP contribution in [0.2, 0.25) is 0 Å². The Morgan fingerprint density at radius 3 is 2.52 bits per heavy atom. The largest absolute Gasteiger partial charge is 0.305 e. The summed E-state index contributed by atoms with van der Waals surface area (Å²) in [6.07, 6.45) is 0. The quantitative estimate of drug-likeness (QED) is 0.811. The Kier molecular flexibility index (Phi) is 4.52. The number of ketones is 1. The summed E-state index contributed by atoms with van der Waals surface area (Å²) < 4.78 is 1.95. The number of Topliss-reactive ketones (excluding diaryl/α,β-unsaturated/α-hetero) is 1. The topological polar surface area (TPSA) is 47.8 Å². The van der Waals surface area contributed by atoms with E-state index in [-0.39, 0.29) is 11.2 Å². The molecule has 1 heterocycles. The minimum atomic E-state index is -0.315. The van der Waals surface area contributed by atoms with Crippen LogP contribution in [0.1, 0.15) is 26.3 Å². The summed E-state index contributed by atoms with van der Waals surface area (Å²) in [5.74, 6) is 1.47. The van der Waals surface area contributed by atoms with Gasteiger partial charge in [-0.1, -0.05) is 56.8 Å². The van der Waals surface area contributed by atoms with Gasteiger partial charge in [-0.05, 0) is 12.5 Å². The van der Waals surface area contributed by atoms with Gasteiger partial charge in [-0.2, -0.15) is 0 Å². The summed E-state index contributed by atoms with van der Waals surface area (Å²) in [6.45, 7) is 7.86. The fraction of sp³-hybridized carbons (Fsp3) is 0.438. The van der Waals surface area contributed by atoms with Gasteiger partial charge in [0.1, 0.15) is 5.78 Å². The van der Waals surface area contributed by atoms with Gasteiger partial charge >= 0.3 is 0 Å². The highest BCUT2D eigenvalue weighted by Gasteiger charge is 2.22. The van der Waals surface area contributed by atoms with Crippen molar-refractivity contribution < 1.29 is 4.79 Å². The van der Waals surface area contributed by atoms with Crippen molar-refractivity contribution in [2.75, 3.05) is 5.75 Å². The third kappa shape index (κ3) is 3.53. The zero-order valence-electron chi connectivity index (χ0n) is 13.2. The maximum Gasteiger partial charge on any atom is 0.191 e. The number of rotatable bonds is 4. The van der Waals surface area contributed by atoms with Crippen LogP contribution in [0.15, 0.2) is 29.4 Å². The highest BCUT2D eigenvalue weighted by molar-refractivity contribution is 7.99. The molecule has 112 valence electrons. The van der Waals surface area contributed by atoms with E-state index < -0.39 is 0 Å². The number of carbonyl (C=O) groups excluding carboxylic acids is 1. The van der Waals surface area contributed by atoms with E-state index in [4.69, 9.17) is 0 Å². The van der Waals surface area contributed by atoms with Crippen LogP contribution in [-0.4, -0.2) is 26.3 Å². The number of aromatic nitrogens is 3. The van der Waals surface area contributed by atoms with Crippen molar-refractivity contribution in [1.82, 2.24) is 14.8 Å². The van der Waals surface area contributed by atoms with Crippen molar-refractivity contribution in [1.29, 1.82) is 0 Å². The van der Waals surface area contributed by atoms with E-state index in [2.05, 4.69) is 23.2 Å². The van der Waals surface area contributed by atoms with E-state index in [1.54, 1.807) is 0 Å². The lowest BCUT2D eigenvalue weighted by atomic mass is 9.92. The molecule has 0 amide bonds. The van der Waals surface area contributed by atoms with Crippen LogP contribution in [0.3, 0.4) is 0 Å². The van der Waals surface area contributed by atoms with E-state index in [1.165, 1.54) is 11.8 Å². The minimum Gasteiger partial charge on any atom is -0.305 e. The molecule has 0 spiro atoms. The lowest BCUT2D eigenvalue weighted by Gasteiger charge is -2.15. The van der Waals surface area contributed by atoms with E-state index in [0.717, 1.165) is 22.1 Å². The molecule has 0 radical (unpaired) electrons. The highest BCUT2D eigenvalue weighted by atomic mass is 32.2. The number of benzene rings is 1. The first-order chi connectivity index (χ1) is 9.80. The second kappa shape index (κ2) is 6.02. The molecule has 4 nitrogen and oxygen atoms in total. The van der Waals surface area contributed by atoms with Gasteiger partial charge in [0, 0.05) is 18.0 Å². The summed E-state index contributed by atoms with van der Waals surface area (Å²) in [7, 11) is 1.94. The number of nitrogens with zero attached hydrogens (tertiary/aromatic N) is 3. The Hall–Kier alpha value is -1.62. The lowest BCUT2D eigenvalue weighted by Crippen LogP contribution is -2.22. The smallest absolute Gasteiger partial charge is 0.191 e. The van der Waals surface area contributed by atoms with E-state index >= 15 is 0 Å². The van der Waals surface area contributed by atoms with Crippen molar-refractivity contribution in [2.24, 2.45) is 12.5 Å². The molecular formula is C16H21N3OS. The highest BCUT2D eigenvalue weighted by Crippen LogP contribution is 2.26. The van der Waals surface area contributed by atoms with E-state index in [0.29, 0.717) is 5.75 Å². The second-order valence-electron chi connectivity index (χ2n) is 6.14. The van der Waals surface area contributed by atoms with Crippen LogP contribution < -0.4 is 0 Å². The Balaban J connectivity index is 2.19. The number of thioether (sulfide) groups is 1. The Morgan fingerprint density at radius 2 is 1.90 bits per heavy atom. The molecule has 0 fully saturated rings. The van der Waals surface area contributed by atoms with Gasteiger partial charge in [0.05, 0.1) is 5.75 Å². The molecule has 1 aromatic heterocycles. The SMILES string of the molecule is Cc1ccccc1-c1nnc(SCC(=O)C(C)(C)C)n1C. The summed E-state index contributed by atoms with van der Waals surface area (Å²) in [6, 6.07) is 8.09. The monoisotopic (exact) mass is 303 g/mol. The van der Waals surface area contributed by atoms with Gasteiger partial charge in [0.15, 0.2) is 11.0 Å². The van der Waals surface area contributed by atoms with Crippen molar-refractivity contribution in [2.45, 2.75) is 32.9 Å². The molecule has 0 saturated carbocycles. The molecule has 2 rings (SSSR count). The number of aryl methyl sites for hydroxylation is 1. The number of carbonyl (C=O) groups is 1. The van der Waals surface area contributed by atoms with Crippen LogP contribution >= 0.6 is 11.8 Å². The number of hydrogen-bond donors (Lipinski definition) is 0. The Morgan fingerprint density at radius 1 is 1.24 bits per heavy atom. The predicted octanol–water partition coefficient (Wildman–Crippen LogP) is 3.50. The third-order valence-electron chi connectivity index (χ3n) is 3.39. The van der Waals surface area contributed by atoms with Gasteiger partial charge < -0.3 is 4.57 Å². The van der Waals surface area contributed by atoms with Gasteiger partial charge in [-0.3, -0.25) is 4.79 Å². The van der Waals surface area contributed by atoms with Crippen LogP contribution in [0.4, 0.5) is 0 Å². The first kappa shape index (κ1) is 15.8.